The SMILES string of the molecule is CCC1CCCCN1C(=O)CN1CCCC(C(=O)NCCN)C1. The summed E-state index contributed by atoms with van der Waals surface area (Å²) >= 11 is 0. The van der Waals surface area contributed by atoms with E-state index >= 15 is 0 Å². The van der Waals surface area contributed by atoms with Gasteiger partial charge in [0.15, 0.2) is 0 Å². The number of nitrogens with one attached hydrogen (secondary N) is 1. The topological polar surface area (TPSA) is 78.7 Å². The maximum Gasteiger partial charge on any atom is 0.236 e. The summed E-state index contributed by atoms with van der Waals surface area (Å²) in [7, 11) is 0. The summed E-state index contributed by atoms with van der Waals surface area (Å²) in [4.78, 5) is 29.0. The lowest BCUT2D eigenvalue weighted by molar-refractivity contribution is -0.137. The van der Waals surface area contributed by atoms with E-state index in [4.69, 9.17) is 5.73 Å². The molecule has 0 aliphatic carbocycles. The lowest BCUT2D eigenvalue weighted by Gasteiger charge is -2.38. The van der Waals surface area contributed by atoms with Gasteiger partial charge in [-0.05, 0) is 45.1 Å². The number of nitrogens with zero attached hydrogens (tertiary/aromatic N) is 2. The lowest BCUT2D eigenvalue weighted by atomic mass is 9.96. The number of nitrogens with two attached hydrogens (primary N) is 1. The minimum absolute atomic E-state index is 0.00794. The molecular formula is C17H32N4O2. The predicted molar refractivity (Wildman–Crippen MR) is 90.9 cm³/mol. The molecule has 0 spiro atoms. The molecule has 2 amide bonds. The summed E-state index contributed by atoms with van der Waals surface area (Å²) in [6.07, 6.45) is 6.40. The predicted octanol–water partition coefficient (Wildman–Crippen LogP) is 0.564. The molecule has 2 saturated heterocycles. The molecule has 2 aliphatic rings. The van der Waals surface area contributed by atoms with Crippen molar-refractivity contribution in [2.45, 2.75) is 51.5 Å². The van der Waals surface area contributed by atoms with E-state index in [2.05, 4.69) is 22.0 Å². The van der Waals surface area contributed by atoms with Crippen molar-refractivity contribution in [2.75, 3.05) is 39.3 Å². The Labute approximate surface area is 139 Å². The van der Waals surface area contributed by atoms with Gasteiger partial charge < -0.3 is 16.0 Å². The molecule has 132 valence electrons. The van der Waals surface area contributed by atoms with Crippen LogP contribution < -0.4 is 11.1 Å². The lowest BCUT2D eigenvalue weighted by Crippen LogP contribution is -2.50. The van der Waals surface area contributed by atoms with E-state index in [1.54, 1.807) is 0 Å². The van der Waals surface area contributed by atoms with Crippen LogP contribution in [0.5, 0.6) is 0 Å². The Balaban J connectivity index is 1.84. The standard InChI is InChI=1S/C17H32N4O2/c1-2-15-7-3-4-11-21(15)16(22)13-20-10-5-6-14(12-20)17(23)19-9-8-18/h14-15H,2-13,18H2,1H3,(H,19,23). The van der Waals surface area contributed by atoms with E-state index < -0.39 is 0 Å². The molecule has 2 fully saturated rings. The van der Waals surface area contributed by atoms with Crippen LogP contribution in [0.1, 0.15) is 45.4 Å². The summed E-state index contributed by atoms with van der Waals surface area (Å²) in [5.41, 5.74) is 5.43. The highest BCUT2D eigenvalue weighted by Gasteiger charge is 2.30. The third-order valence-electron chi connectivity index (χ3n) is 5.10. The highest BCUT2D eigenvalue weighted by molar-refractivity contribution is 5.80. The van der Waals surface area contributed by atoms with Gasteiger partial charge in [0.2, 0.25) is 11.8 Å². The molecule has 6 nitrogen and oxygen atoms in total. The number of carbonyl (C=O) groups is 2. The minimum Gasteiger partial charge on any atom is -0.355 e. The van der Waals surface area contributed by atoms with Gasteiger partial charge in [-0.1, -0.05) is 6.92 Å². The van der Waals surface area contributed by atoms with Crippen molar-refractivity contribution >= 4 is 11.8 Å². The van der Waals surface area contributed by atoms with Crippen LogP contribution in [-0.2, 0) is 9.59 Å². The average Bonchev–Trinajstić information content (AvgIpc) is 2.59. The minimum atomic E-state index is -0.00794. The Hall–Kier alpha value is -1.14. The fraction of sp³-hybridized carbons (Fsp3) is 0.882. The van der Waals surface area contributed by atoms with Gasteiger partial charge in [-0.2, -0.15) is 0 Å². The normalized spacial score (nSPS) is 26.1. The quantitative estimate of drug-likeness (QED) is 0.748. The van der Waals surface area contributed by atoms with E-state index in [0.29, 0.717) is 32.2 Å². The van der Waals surface area contributed by atoms with Crippen molar-refractivity contribution in [3.05, 3.63) is 0 Å². The van der Waals surface area contributed by atoms with Crippen LogP contribution >= 0.6 is 0 Å². The molecule has 2 heterocycles. The van der Waals surface area contributed by atoms with Crippen LogP contribution in [0.2, 0.25) is 0 Å². The number of amides is 2. The van der Waals surface area contributed by atoms with Gasteiger partial charge in [0.1, 0.15) is 0 Å². The summed E-state index contributed by atoms with van der Waals surface area (Å²) < 4.78 is 0. The Morgan fingerprint density at radius 2 is 2.00 bits per heavy atom. The van der Waals surface area contributed by atoms with Gasteiger partial charge in [-0.25, -0.2) is 0 Å². The number of carbonyl (C=O) groups excluding carboxylic acids is 2. The van der Waals surface area contributed by atoms with E-state index in [-0.39, 0.29) is 17.7 Å². The molecule has 0 aromatic heterocycles. The molecule has 0 aromatic carbocycles. The molecule has 2 unspecified atom stereocenters. The monoisotopic (exact) mass is 324 g/mol. The molecule has 2 aliphatic heterocycles. The van der Waals surface area contributed by atoms with Gasteiger partial charge in [-0.3, -0.25) is 14.5 Å². The highest BCUT2D eigenvalue weighted by Crippen LogP contribution is 2.21. The smallest absolute Gasteiger partial charge is 0.236 e. The van der Waals surface area contributed by atoms with Crippen molar-refractivity contribution in [1.29, 1.82) is 0 Å². The zero-order chi connectivity index (χ0) is 16.7. The van der Waals surface area contributed by atoms with Gasteiger partial charge in [0, 0.05) is 32.2 Å². The van der Waals surface area contributed by atoms with E-state index in [1.807, 2.05) is 0 Å². The zero-order valence-electron chi connectivity index (χ0n) is 14.4. The second-order valence-corrected chi connectivity index (χ2v) is 6.80. The summed E-state index contributed by atoms with van der Waals surface area (Å²) in [5.74, 6) is 0.308. The first-order valence-corrected chi connectivity index (χ1v) is 9.15. The van der Waals surface area contributed by atoms with E-state index in [1.165, 1.54) is 6.42 Å². The van der Waals surface area contributed by atoms with Crippen molar-refractivity contribution < 1.29 is 9.59 Å². The second kappa shape index (κ2) is 9.23. The van der Waals surface area contributed by atoms with E-state index in [9.17, 15) is 9.59 Å². The first-order valence-electron chi connectivity index (χ1n) is 9.15. The fourth-order valence-electron chi connectivity index (χ4n) is 3.79. The molecule has 23 heavy (non-hydrogen) atoms. The van der Waals surface area contributed by atoms with Crippen LogP contribution in [0.4, 0.5) is 0 Å². The van der Waals surface area contributed by atoms with Crippen LogP contribution in [0.25, 0.3) is 0 Å². The number of likely N-dealkylation sites (tertiary alicyclic amines) is 2. The number of hydrogen-bond acceptors (Lipinski definition) is 4. The van der Waals surface area contributed by atoms with Crippen LogP contribution in [-0.4, -0.2) is 66.9 Å². The summed E-state index contributed by atoms with van der Waals surface area (Å²) in [6, 6.07) is 0.407. The van der Waals surface area contributed by atoms with Crippen molar-refractivity contribution in [3.8, 4) is 0 Å². The molecule has 3 N–H and O–H groups in total. The van der Waals surface area contributed by atoms with Crippen molar-refractivity contribution in [3.63, 3.8) is 0 Å². The largest absolute Gasteiger partial charge is 0.355 e. The fourth-order valence-corrected chi connectivity index (χ4v) is 3.79. The van der Waals surface area contributed by atoms with Gasteiger partial charge >= 0.3 is 0 Å². The first kappa shape index (κ1) is 18.2. The summed E-state index contributed by atoms with van der Waals surface area (Å²) in [5, 5.41) is 2.87. The summed E-state index contributed by atoms with van der Waals surface area (Å²) in [6.45, 7) is 6.11. The van der Waals surface area contributed by atoms with Crippen molar-refractivity contribution in [1.82, 2.24) is 15.1 Å². The Morgan fingerprint density at radius 3 is 2.74 bits per heavy atom. The molecule has 0 bridgehead atoms. The zero-order valence-corrected chi connectivity index (χ0v) is 14.4. The molecule has 6 heteroatoms. The Morgan fingerprint density at radius 1 is 1.17 bits per heavy atom. The molecule has 0 aromatic rings. The van der Waals surface area contributed by atoms with Crippen LogP contribution in [0, 0.1) is 5.92 Å². The Bertz CT molecular complexity index is 402. The highest BCUT2D eigenvalue weighted by atomic mass is 16.2. The maximum atomic E-state index is 12.7. The number of hydrogen-bond donors (Lipinski definition) is 2. The van der Waals surface area contributed by atoms with Gasteiger partial charge in [0.25, 0.3) is 0 Å². The molecule has 0 saturated carbocycles. The van der Waals surface area contributed by atoms with Crippen molar-refractivity contribution in [2.24, 2.45) is 11.7 Å². The van der Waals surface area contributed by atoms with Crippen LogP contribution in [0.15, 0.2) is 0 Å². The van der Waals surface area contributed by atoms with Gasteiger partial charge in [-0.15, -0.1) is 0 Å². The Kier molecular flexibility index (Phi) is 7.30. The molecule has 2 atom stereocenters. The number of piperidine rings is 2. The van der Waals surface area contributed by atoms with Gasteiger partial charge in [0.05, 0.1) is 12.5 Å². The average molecular weight is 324 g/mol. The second-order valence-electron chi connectivity index (χ2n) is 6.80. The third-order valence-corrected chi connectivity index (χ3v) is 5.10. The van der Waals surface area contributed by atoms with Crippen LogP contribution in [0.3, 0.4) is 0 Å². The maximum absolute atomic E-state index is 12.7. The van der Waals surface area contributed by atoms with E-state index in [0.717, 1.165) is 45.2 Å². The molecular weight excluding hydrogens is 292 g/mol. The third kappa shape index (κ3) is 5.18. The first-order chi connectivity index (χ1) is 11.2. The molecule has 0 radical (unpaired) electrons. The number of rotatable bonds is 6. The molecule has 2 rings (SSSR count).